The van der Waals surface area contributed by atoms with Crippen LogP contribution in [0.5, 0.6) is 0 Å². The molecule has 0 heterocycles. The van der Waals surface area contributed by atoms with Crippen molar-refractivity contribution in [1.29, 1.82) is 0 Å². The van der Waals surface area contributed by atoms with E-state index >= 15 is 0 Å². The van der Waals surface area contributed by atoms with Gasteiger partial charge in [-0.3, -0.25) is 0 Å². The van der Waals surface area contributed by atoms with Crippen LogP contribution in [0.1, 0.15) is 11.1 Å². The number of hydrogen-bond donors (Lipinski definition) is 2. The van der Waals surface area contributed by atoms with E-state index in [9.17, 15) is 8.42 Å². The average Bonchev–Trinajstić information content (AvgIpc) is 2.41. The SMILES string of the molecule is Cc1ccc(S(N)(=O)=O)cc1NCCc1ccccc1. The van der Waals surface area contributed by atoms with Gasteiger partial charge < -0.3 is 5.32 Å². The first-order valence-corrected chi connectivity index (χ1v) is 7.93. The van der Waals surface area contributed by atoms with Crippen LogP contribution in [-0.2, 0) is 16.4 Å². The molecule has 0 aliphatic rings. The number of nitrogens with one attached hydrogen (secondary N) is 1. The summed E-state index contributed by atoms with van der Waals surface area (Å²) in [6.45, 7) is 2.66. The molecule has 0 amide bonds. The van der Waals surface area contributed by atoms with Gasteiger partial charge in [-0.05, 0) is 36.6 Å². The number of sulfonamides is 1. The van der Waals surface area contributed by atoms with Crippen molar-refractivity contribution < 1.29 is 8.42 Å². The highest BCUT2D eigenvalue weighted by molar-refractivity contribution is 7.89. The Hall–Kier alpha value is -1.85. The Bertz CT molecular complexity index is 682. The van der Waals surface area contributed by atoms with Gasteiger partial charge in [0, 0.05) is 12.2 Å². The minimum atomic E-state index is -3.66. The van der Waals surface area contributed by atoms with Crippen molar-refractivity contribution in [3.8, 4) is 0 Å². The van der Waals surface area contributed by atoms with E-state index in [-0.39, 0.29) is 4.90 Å². The minimum absolute atomic E-state index is 0.130. The third-order valence-corrected chi connectivity index (χ3v) is 4.02. The molecule has 0 saturated heterocycles. The highest BCUT2D eigenvalue weighted by Crippen LogP contribution is 2.19. The van der Waals surface area contributed by atoms with Crippen LogP contribution < -0.4 is 10.5 Å². The molecule has 0 aromatic heterocycles. The summed E-state index contributed by atoms with van der Waals surface area (Å²) in [5, 5.41) is 8.39. The van der Waals surface area contributed by atoms with Crippen molar-refractivity contribution in [3.05, 3.63) is 59.7 Å². The summed E-state index contributed by atoms with van der Waals surface area (Å²) < 4.78 is 22.7. The quantitative estimate of drug-likeness (QED) is 0.887. The molecule has 5 heteroatoms. The van der Waals surface area contributed by atoms with Gasteiger partial charge in [0.15, 0.2) is 0 Å². The fourth-order valence-corrected chi connectivity index (χ4v) is 2.49. The molecule has 0 aliphatic heterocycles. The molecule has 0 spiro atoms. The second-order valence-electron chi connectivity index (χ2n) is 4.68. The number of primary sulfonamides is 1. The molecule has 0 atom stereocenters. The molecule has 2 aromatic carbocycles. The normalized spacial score (nSPS) is 11.3. The molecule has 106 valence electrons. The van der Waals surface area contributed by atoms with Crippen molar-refractivity contribution in [2.75, 3.05) is 11.9 Å². The lowest BCUT2D eigenvalue weighted by atomic mass is 10.1. The Labute approximate surface area is 119 Å². The maximum absolute atomic E-state index is 11.3. The van der Waals surface area contributed by atoms with Crippen LogP contribution in [0, 0.1) is 6.92 Å². The average molecular weight is 290 g/mol. The first-order valence-electron chi connectivity index (χ1n) is 6.38. The number of hydrogen-bond acceptors (Lipinski definition) is 3. The zero-order valence-electron chi connectivity index (χ0n) is 11.3. The Morgan fingerprint density at radius 3 is 2.45 bits per heavy atom. The smallest absolute Gasteiger partial charge is 0.238 e. The molecule has 4 nitrogen and oxygen atoms in total. The number of aryl methyl sites for hydroxylation is 1. The van der Waals surface area contributed by atoms with Gasteiger partial charge in [0.2, 0.25) is 10.0 Å². The molecule has 0 radical (unpaired) electrons. The van der Waals surface area contributed by atoms with Crippen LogP contribution in [0.4, 0.5) is 5.69 Å². The predicted octanol–water partition coefficient (Wildman–Crippen LogP) is 2.30. The Kier molecular flexibility index (Phi) is 4.42. The summed E-state index contributed by atoms with van der Waals surface area (Å²) in [6, 6.07) is 15.0. The summed E-state index contributed by atoms with van der Waals surface area (Å²) in [6.07, 6.45) is 0.875. The van der Waals surface area contributed by atoms with Gasteiger partial charge in [-0.15, -0.1) is 0 Å². The van der Waals surface area contributed by atoms with Crippen LogP contribution in [0.3, 0.4) is 0 Å². The van der Waals surface area contributed by atoms with Crippen LogP contribution in [0.15, 0.2) is 53.4 Å². The summed E-state index contributed by atoms with van der Waals surface area (Å²) >= 11 is 0. The summed E-state index contributed by atoms with van der Waals surface area (Å²) in [5.41, 5.74) is 3.03. The Balaban J connectivity index is 2.06. The van der Waals surface area contributed by atoms with E-state index in [4.69, 9.17) is 5.14 Å². The second kappa shape index (κ2) is 6.07. The lowest BCUT2D eigenvalue weighted by Gasteiger charge is -2.11. The first-order chi connectivity index (χ1) is 9.47. The van der Waals surface area contributed by atoms with Gasteiger partial charge in [-0.25, -0.2) is 13.6 Å². The Morgan fingerprint density at radius 2 is 1.80 bits per heavy atom. The highest BCUT2D eigenvalue weighted by atomic mass is 32.2. The fraction of sp³-hybridized carbons (Fsp3) is 0.200. The minimum Gasteiger partial charge on any atom is -0.384 e. The van der Waals surface area contributed by atoms with Gasteiger partial charge >= 0.3 is 0 Å². The molecule has 3 N–H and O–H groups in total. The first kappa shape index (κ1) is 14.6. The van der Waals surface area contributed by atoms with E-state index in [1.165, 1.54) is 11.6 Å². The molecule has 2 aromatic rings. The molecule has 0 saturated carbocycles. The maximum atomic E-state index is 11.3. The van der Waals surface area contributed by atoms with Crippen molar-refractivity contribution in [2.24, 2.45) is 5.14 Å². The number of benzene rings is 2. The summed E-state index contributed by atoms with van der Waals surface area (Å²) in [4.78, 5) is 0.130. The van der Waals surface area contributed by atoms with E-state index in [0.29, 0.717) is 0 Å². The monoisotopic (exact) mass is 290 g/mol. The third-order valence-electron chi connectivity index (χ3n) is 3.11. The molecule has 0 aliphatic carbocycles. The summed E-state index contributed by atoms with van der Waals surface area (Å²) in [5.74, 6) is 0. The Morgan fingerprint density at radius 1 is 1.10 bits per heavy atom. The molecule has 2 rings (SSSR count). The van der Waals surface area contributed by atoms with Crippen molar-refractivity contribution in [1.82, 2.24) is 0 Å². The molecular weight excluding hydrogens is 272 g/mol. The maximum Gasteiger partial charge on any atom is 0.238 e. The van der Waals surface area contributed by atoms with Crippen molar-refractivity contribution in [2.45, 2.75) is 18.2 Å². The van der Waals surface area contributed by atoms with E-state index in [2.05, 4.69) is 17.4 Å². The van der Waals surface area contributed by atoms with E-state index < -0.39 is 10.0 Å². The summed E-state index contributed by atoms with van der Waals surface area (Å²) in [7, 11) is -3.66. The number of nitrogens with two attached hydrogens (primary N) is 1. The van der Waals surface area contributed by atoms with E-state index in [1.807, 2.05) is 25.1 Å². The number of anilines is 1. The van der Waals surface area contributed by atoms with Gasteiger partial charge in [-0.1, -0.05) is 36.4 Å². The topological polar surface area (TPSA) is 72.2 Å². The van der Waals surface area contributed by atoms with Gasteiger partial charge in [-0.2, -0.15) is 0 Å². The molecule has 0 bridgehead atoms. The molecule has 20 heavy (non-hydrogen) atoms. The van der Waals surface area contributed by atoms with Crippen LogP contribution in [0.2, 0.25) is 0 Å². The predicted molar refractivity (Wildman–Crippen MR) is 81.2 cm³/mol. The van der Waals surface area contributed by atoms with Gasteiger partial charge in [0.05, 0.1) is 4.90 Å². The largest absolute Gasteiger partial charge is 0.384 e. The molecular formula is C15H18N2O2S. The van der Waals surface area contributed by atoms with Gasteiger partial charge in [0.25, 0.3) is 0 Å². The van der Waals surface area contributed by atoms with Crippen LogP contribution in [-0.4, -0.2) is 15.0 Å². The highest BCUT2D eigenvalue weighted by Gasteiger charge is 2.09. The van der Waals surface area contributed by atoms with E-state index in [1.54, 1.807) is 12.1 Å². The fourth-order valence-electron chi connectivity index (χ4n) is 1.95. The lowest BCUT2D eigenvalue weighted by molar-refractivity contribution is 0.598. The second-order valence-corrected chi connectivity index (χ2v) is 6.25. The van der Waals surface area contributed by atoms with Crippen LogP contribution in [0.25, 0.3) is 0 Å². The van der Waals surface area contributed by atoms with Gasteiger partial charge in [0.1, 0.15) is 0 Å². The zero-order valence-corrected chi connectivity index (χ0v) is 12.2. The molecule has 0 fully saturated rings. The van der Waals surface area contributed by atoms with Crippen molar-refractivity contribution in [3.63, 3.8) is 0 Å². The standard InChI is InChI=1S/C15H18N2O2S/c1-12-7-8-14(20(16,18)19)11-15(12)17-10-9-13-5-3-2-4-6-13/h2-8,11,17H,9-10H2,1H3,(H2,16,18,19). The number of rotatable bonds is 5. The van der Waals surface area contributed by atoms with E-state index in [0.717, 1.165) is 24.2 Å². The third kappa shape index (κ3) is 3.82. The van der Waals surface area contributed by atoms with Crippen LogP contribution >= 0.6 is 0 Å². The van der Waals surface area contributed by atoms with Crippen molar-refractivity contribution >= 4 is 15.7 Å². The zero-order chi connectivity index (χ0) is 14.6. The lowest BCUT2D eigenvalue weighted by Crippen LogP contribution is -2.13. The molecule has 0 unspecified atom stereocenters.